The fourth-order valence-electron chi connectivity index (χ4n) is 2.89. The van der Waals surface area contributed by atoms with Gasteiger partial charge in [0.15, 0.2) is 0 Å². The number of allylic oxidation sites excluding steroid dienone is 1. The second-order valence-corrected chi connectivity index (χ2v) is 7.90. The number of rotatable bonds is 2. The van der Waals surface area contributed by atoms with Crippen LogP contribution in [-0.2, 0) is 9.84 Å². The number of aromatic nitrogens is 1. The zero-order valence-electron chi connectivity index (χ0n) is 13.0. The fourth-order valence-corrected chi connectivity index (χ4v) is 4.23. The maximum atomic E-state index is 13.4. The minimum atomic E-state index is -3.49. The number of nitrogens with zero attached hydrogens (tertiary/aromatic N) is 1. The van der Waals surface area contributed by atoms with Crippen molar-refractivity contribution in [2.45, 2.75) is 11.8 Å². The summed E-state index contributed by atoms with van der Waals surface area (Å²) in [5, 5.41) is 3.48. The molecule has 1 aliphatic rings. The van der Waals surface area contributed by atoms with Gasteiger partial charge in [0, 0.05) is 33.9 Å². The van der Waals surface area contributed by atoms with Crippen LogP contribution in [0.5, 0.6) is 0 Å². The summed E-state index contributed by atoms with van der Waals surface area (Å²) < 4.78 is 51.5. The number of nitrogens with one attached hydrogen (secondary N) is 1. The summed E-state index contributed by atoms with van der Waals surface area (Å²) in [4.78, 5) is 4.74. The third-order valence-corrected chi connectivity index (χ3v) is 5.99. The lowest BCUT2D eigenvalue weighted by molar-refractivity contribution is 0.584. The first-order valence-electron chi connectivity index (χ1n) is 7.44. The van der Waals surface area contributed by atoms with Crippen LogP contribution in [0.15, 0.2) is 52.4 Å². The van der Waals surface area contributed by atoms with Gasteiger partial charge in [0.2, 0.25) is 9.84 Å². The number of anilines is 2. The monoisotopic (exact) mass is 358 g/mol. The first kappa shape index (κ1) is 15.7. The lowest BCUT2D eigenvalue weighted by Crippen LogP contribution is -1.99. The Morgan fingerprint density at radius 1 is 1.04 bits per heavy atom. The van der Waals surface area contributed by atoms with Crippen molar-refractivity contribution in [3.8, 4) is 0 Å². The van der Waals surface area contributed by atoms with Crippen LogP contribution in [0, 0.1) is 11.6 Å². The molecule has 3 aromatic rings. The van der Waals surface area contributed by atoms with Gasteiger partial charge in [-0.25, -0.2) is 17.2 Å². The van der Waals surface area contributed by atoms with Gasteiger partial charge >= 0.3 is 0 Å². The van der Waals surface area contributed by atoms with Crippen molar-refractivity contribution in [2.75, 3.05) is 5.32 Å². The molecule has 0 radical (unpaired) electrons. The van der Waals surface area contributed by atoms with E-state index in [-0.39, 0.29) is 15.5 Å². The molecule has 1 aliphatic heterocycles. The molecule has 7 heteroatoms. The molecule has 4 nitrogen and oxygen atoms in total. The van der Waals surface area contributed by atoms with Crippen molar-refractivity contribution < 1.29 is 17.2 Å². The summed E-state index contributed by atoms with van der Waals surface area (Å²) in [5.74, 6) is -1.41. The molecule has 0 saturated carbocycles. The molecular weight excluding hydrogens is 346 g/mol. The molecule has 0 unspecified atom stereocenters. The Labute approximate surface area is 142 Å². The molecule has 0 amide bonds. The van der Waals surface area contributed by atoms with Crippen LogP contribution in [0.25, 0.3) is 17.0 Å². The van der Waals surface area contributed by atoms with Gasteiger partial charge in [-0.3, -0.25) is 4.98 Å². The Balaban J connectivity index is 1.88. The summed E-state index contributed by atoms with van der Waals surface area (Å²) in [6.07, 6.45) is 3.15. The van der Waals surface area contributed by atoms with Gasteiger partial charge in [0.25, 0.3) is 0 Å². The van der Waals surface area contributed by atoms with Crippen LogP contribution in [0.1, 0.15) is 12.5 Å². The fraction of sp³-hybridized carbons (Fsp3) is 0.0556. The number of benzene rings is 2. The summed E-state index contributed by atoms with van der Waals surface area (Å²) in [6, 6.07) is 7.95. The Bertz CT molecular complexity index is 1150. The molecule has 0 spiro atoms. The van der Waals surface area contributed by atoms with Crippen LogP contribution in [0.2, 0.25) is 0 Å². The van der Waals surface area contributed by atoms with E-state index in [0.717, 1.165) is 18.2 Å². The highest BCUT2D eigenvalue weighted by Gasteiger charge is 2.27. The summed E-state index contributed by atoms with van der Waals surface area (Å²) in [6.45, 7) is 1.54. The lowest BCUT2D eigenvalue weighted by Gasteiger charge is -2.11. The van der Waals surface area contributed by atoms with Crippen LogP contribution in [-0.4, -0.2) is 13.4 Å². The summed E-state index contributed by atoms with van der Waals surface area (Å²) in [5.41, 5.74) is 1.91. The molecule has 0 bridgehead atoms. The van der Waals surface area contributed by atoms with Crippen LogP contribution in [0.3, 0.4) is 0 Å². The highest BCUT2D eigenvalue weighted by molar-refractivity contribution is 7.95. The standard InChI is InChI=1S/C18H12F2N2O2S/c1-10-4-11-5-17-15(9-18(11)25(10,23)24)16(2-3-21-17)22-14-7-12(19)6-13(20)8-14/h2-9H,1H3,(H,21,22). The minimum Gasteiger partial charge on any atom is -0.355 e. The average Bonchev–Trinajstić information content (AvgIpc) is 2.74. The molecule has 0 aliphatic carbocycles. The second-order valence-electron chi connectivity index (χ2n) is 5.81. The van der Waals surface area contributed by atoms with Gasteiger partial charge in [-0.05, 0) is 48.9 Å². The van der Waals surface area contributed by atoms with E-state index in [1.807, 2.05) is 0 Å². The first-order valence-corrected chi connectivity index (χ1v) is 8.92. The number of sulfone groups is 1. The molecule has 0 fully saturated rings. The topological polar surface area (TPSA) is 59.1 Å². The SMILES string of the molecule is CC1=Cc2cc3nccc(Nc4cc(F)cc(F)c4)c3cc2S1(=O)=O. The number of hydrogen-bond donors (Lipinski definition) is 1. The second kappa shape index (κ2) is 5.35. The Morgan fingerprint density at radius 3 is 2.48 bits per heavy atom. The van der Waals surface area contributed by atoms with E-state index in [0.29, 0.717) is 22.2 Å². The zero-order valence-corrected chi connectivity index (χ0v) is 13.9. The third-order valence-electron chi connectivity index (χ3n) is 4.09. The number of hydrogen-bond acceptors (Lipinski definition) is 4. The van der Waals surface area contributed by atoms with Crippen molar-refractivity contribution in [3.63, 3.8) is 0 Å². The molecule has 0 saturated heterocycles. The summed E-state index contributed by atoms with van der Waals surface area (Å²) in [7, 11) is -3.49. The molecule has 126 valence electrons. The van der Waals surface area contributed by atoms with Gasteiger partial charge < -0.3 is 5.32 Å². The molecular formula is C18H12F2N2O2S. The number of pyridine rings is 1. The van der Waals surface area contributed by atoms with Crippen molar-refractivity contribution >= 4 is 38.2 Å². The molecule has 4 rings (SSSR count). The van der Waals surface area contributed by atoms with Gasteiger partial charge in [-0.15, -0.1) is 0 Å². The smallest absolute Gasteiger partial charge is 0.203 e. The molecule has 25 heavy (non-hydrogen) atoms. The molecule has 1 N–H and O–H groups in total. The number of halogens is 2. The predicted octanol–water partition coefficient (Wildman–Crippen LogP) is 4.40. The Morgan fingerprint density at radius 2 is 1.76 bits per heavy atom. The molecule has 0 atom stereocenters. The highest BCUT2D eigenvalue weighted by atomic mass is 32.2. The predicted molar refractivity (Wildman–Crippen MR) is 92.2 cm³/mol. The van der Waals surface area contributed by atoms with Crippen molar-refractivity contribution in [1.29, 1.82) is 0 Å². The first-order chi connectivity index (χ1) is 11.8. The van der Waals surface area contributed by atoms with E-state index in [4.69, 9.17) is 0 Å². The van der Waals surface area contributed by atoms with E-state index in [1.54, 1.807) is 31.3 Å². The largest absolute Gasteiger partial charge is 0.355 e. The van der Waals surface area contributed by atoms with E-state index >= 15 is 0 Å². The Kier molecular flexibility index (Phi) is 3.36. The van der Waals surface area contributed by atoms with Crippen molar-refractivity contribution in [2.24, 2.45) is 0 Å². The van der Waals surface area contributed by atoms with Crippen LogP contribution in [0.4, 0.5) is 20.2 Å². The van der Waals surface area contributed by atoms with Gasteiger partial charge in [0.05, 0.1) is 10.4 Å². The highest BCUT2D eigenvalue weighted by Crippen LogP contribution is 2.37. The minimum absolute atomic E-state index is 0.207. The molecule has 2 heterocycles. The third kappa shape index (κ3) is 2.56. The van der Waals surface area contributed by atoms with Gasteiger partial charge in [0.1, 0.15) is 11.6 Å². The summed E-state index contributed by atoms with van der Waals surface area (Å²) >= 11 is 0. The van der Waals surface area contributed by atoms with E-state index < -0.39 is 21.5 Å². The van der Waals surface area contributed by atoms with E-state index in [1.165, 1.54) is 6.07 Å². The number of fused-ring (bicyclic) bond motifs is 2. The lowest BCUT2D eigenvalue weighted by atomic mass is 10.1. The zero-order chi connectivity index (χ0) is 17.8. The van der Waals surface area contributed by atoms with E-state index in [2.05, 4.69) is 10.3 Å². The van der Waals surface area contributed by atoms with Crippen molar-refractivity contribution in [1.82, 2.24) is 4.98 Å². The van der Waals surface area contributed by atoms with Gasteiger partial charge in [-0.1, -0.05) is 0 Å². The molecule has 1 aromatic heterocycles. The average molecular weight is 358 g/mol. The van der Waals surface area contributed by atoms with Crippen LogP contribution < -0.4 is 5.32 Å². The van der Waals surface area contributed by atoms with Gasteiger partial charge in [-0.2, -0.15) is 0 Å². The van der Waals surface area contributed by atoms with Crippen LogP contribution >= 0.6 is 0 Å². The quantitative estimate of drug-likeness (QED) is 0.737. The van der Waals surface area contributed by atoms with E-state index in [9.17, 15) is 17.2 Å². The maximum Gasteiger partial charge on any atom is 0.203 e. The normalized spacial score (nSPS) is 15.1. The molecule has 2 aromatic carbocycles. The maximum absolute atomic E-state index is 13.4. The Hall–Kier alpha value is -2.80. The van der Waals surface area contributed by atoms with Crippen molar-refractivity contribution in [3.05, 3.63) is 64.7 Å².